The van der Waals surface area contributed by atoms with Crippen molar-refractivity contribution in [2.45, 2.75) is 32.2 Å². The number of ether oxygens (including phenoxy) is 1. The summed E-state index contributed by atoms with van der Waals surface area (Å²) in [4.78, 5) is 12.5. The van der Waals surface area contributed by atoms with Crippen LogP contribution in [0.1, 0.15) is 30.2 Å². The van der Waals surface area contributed by atoms with E-state index in [1.807, 2.05) is 43.5 Å². The summed E-state index contributed by atoms with van der Waals surface area (Å²) in [5, 5.41) is 11.1. The third-order valence-corrected chi connectivity index (χ3v) is 4.36. The van der Waals surface area contributed by atoms with Crippen LogP contribution < -0.4 is 10.1 Å². The molecule has 26 heavy (non-hydrogen) atoms. The predicted molar refractivity (Wildman–Crippen MR) is 96.1 cm³/mol. The molecule has 0 aliphatic heterocycles. The quantitative estimate of drug-likeness (QED) is 0.735. The topological polar surface area (TPSA) is 82.2 Å². The van der Waals surface area contributed by atoms with Crippen molar-refractivity contribution in [3.8, 4) is 17.3 Å². The SMILES string of the molecule is COc1ccc(C)cc1NC(=O)Cn1cccc1-c1nnc(C2CC2)o1. The number of carbonyl (C=O) groups excluding carboxylic acids is 1. The van der Waals surface area contributed by atoms with Crippen LogP contribution in [0.5, 0.6) is 5.75 Å². The summed E-state index contributed by atoms with van der Waals surface area (Å²) >= 11 is 0. The number of rotatable bonds is 6. The first-order valence-electron chi connectivity index (χ1n) is 8.57. The van der Waals surface area contributed by atoms with Crippen LogP contribution in [0.2, 0.25) is 0 Å². The molecule has 0 unspecified atom stereocenters. The first-order chi connectivity index (χ1) is 12.6. The van der Waals surface area contributed by atoms with E-state index in [9.17, 15) is 4.79 Å². The van der Waals surface area contributed by atoms with Crippen LogP contribution in [0.3, 0.4) is 0 Å². The summed E-state index contributed by atoms with van der Waals surface area (Å²) < 4.78 is 12.8. The second-order valence-corrected chi connectivity index (χ2v) is 6.49. The van der Waals surface area contributed by atoms with Crippen molar-refractivity contribution in [1.29, 1.82) is 0 Å². The van der Waals surface area contributed by atoms with Gasteiger partial charge in [-0.05, 0) is 49.6 Å². The molecule has 1 aromatic carbocycles. The van der Waals surface area contributed by atoms with Crippen molar-refractivity contribution >= 4 is 11.6 Å². The van der Waals surface area contributed by atoms with Crippen molar-refractivity contribution in [3.63, 3.8) is 0 Å². The maximum absolute atomic E-state index is 12.5. The fourth-order valence-electron chi connectivity index (χ4n) is 2.84. The number of nitrogens with zero attached hydrogens (tertiary/aromatic N) is 3. The maximum Gasteiger partial charge on any atom is 0.264 e. The van der Waals surface area contributed by atoms with Gasteiger partial charge in [0.15, 0.2) is 0 Å². The van der Waals surface area contributed by atoms with Crippen molar-refractivity contribution in [3.05, 3.63) is 48.0 Å². The van der Waals surface area contributed by atoms with Gasteiger partial charge in [0.05, 0.1) is 12.8 Å². The Labute approximate surface area is 151 Å². The number of aryl methyl sites for hydroxylation is 1. The standard InChI is InChI=1S/C19H20N4O3/c1-12-5-8-16(25-2)14(10-12)20-17(24)11-23-9-3-4-15(23)19-22-21-18(26-19)13-6-7-13/h3-5,8-10,13H,6-7,11H2,1-2H3,(H,20,24). The molecular weight excluding hydrogens is 332 g/mol. The molecular formula is C19H20N4O3. The lowest BCUT2D eigenvalue weighted by Gasteiger charge is -2.12. The van der Waals surface area contributed by atoms with Crippen molar-refractivity contribution in [2.75, 3.05) is 12.4 Å². The predicted octanol–water partition coefficient (Wildman–Crippen LogP) is 3.37. The fourth-order valence-corrected chi connectivity index (χ4v) is 2.84. The van der Waals surface area contributed by atoms with E-state index in [4.69, 9.17) is 9.15 Å². The Morgan fingerprint density at radius 2 is 2.19 bits per heavy atom. The Balaban J connectivity index is 1.50. The number of anilines is 1. The van der Waals surface area contributed by atoms with Crippen LogP contribution in [0.15, 0.2) is 40.9 Å². The monoisotopic (exact) mass is 352 g/mol. The smallest absolute Gasteiger partial charge is 0.264 e. The summed E-state index contributed by atoms with van der Waals surface area (Å²) in [6.45, 7) is 2.10. The van der Waals surface area contributed by atoms with E-state index in [-0.39, 0.29) is 12.5 Å². The molecule has 2 aromatic heterocycles. The molecule has 134 valence electrons. The molecule has 0 bridgehead atoms. The molecule has 0 spiro atoms. The molecule has 1 saturated carbocycles. The Morgan fingerprint density at radius 1 is 1.35 bits per heavy atom. The molecule has 1 fully saturated rings. The minimum Gasteiger partial charge on any atom is -0.495 e. The van der Waals surface area contributed by atoms with E-state index in [0.717, 1.165) is 24.1 Å². The van der Waals surface area contributed by atoms with Gasteiger partial charge in [-0.25, -0.2) is 0 Å². The molecule has 2 heterocycles. The van der Waals surface area contributed by atoms with Gasteiger partial charge in [0, 0.05) is 12.1 Å². The summed E-state index contributed by atoms with van der Waals surface area (Å²) in [5.74, 6) is 1.99. The highest BCUT2D eigenvalue weighted by Gasteiger charge is 2.30. The average Bonchev–Trinajstić information content (AvgIpc) is 3.17. The lowest BCUT2D eigenvalue weighted by molar-refractivity contribution is -0.116. The van der Waals surface area contributed by atoms with Gasteiger partial charge in [0.25, 0.3) is 5.89 Å². The van der Waals surface area contributed by atoms with Gasteiger partial charge in [-0.1, -0.05) is 6.07 Å². The number of aromatic nitrogens is 3. The van der Waals surface area contributed by atoms with Crippen molar-refractivity contribution in [2.24, 2.45) is 0 Å². The van der Waals surface area contributed by atoms with E-state index >= 15 is 0 Å². The Kier molecular flexibility index (Phi) is 4.20. The zero-order chi connectivity index (χ0) is 18.1. The normalized spacial score (nSPS) is 13.6. The highest BCUT2D eigenvalue weighted by molar-refractivity contribution is 5.92. The molecule has 1 amide bonds. The number of hydrogen-bond donors (Lipinski definition) is 1. The zero-order valence-electron chi connectivity index (χ0n) is 14.7. The first kappa shape index (κ1) is 16.4. The van der Waals surface area contributed by atoms with Crippen LogP contribution in [0, 0.1) is 6.92 Å². The largest absolute Gasteiger partial charge is 0.495 e. The number of amides is 1. The van der Waals surface area contributed by atoms with E-state index in [1.165, 1.54) is 0 Å². The molecule has 0 saturated heterocycles. The van der Waals surface area contributed by atoms with Gasteiger partial charge in [0.2, 0.25) is 11.8 Å². The van der Waals surface area contributed by atoms with Gasteiger partial charge in [0.1, 0.15) is 18.0 Å². The van der Waals surface area contributed by atoms with Crippen LogP contribution in [0.25, 0.3) is 11.6 Å². The molecule has 0 atom stereocenters. The van der Waals surface area contributed by atoms with E-state index in [2.05, 4.69) is 15.5 Å². The summed E-state index contributed by atoms with van der Waals surface area (Å²) in [6.07, 6.45) is 4.02. The number of hydrogen-bond acceptors (Lipinski definition) is 5. The van der Waals surface area contributed by atoms with Crippen LogP contribution in [-0.4, -0.2) is 27.8 Å². The second kappa shape index (κ2) is 6.67. The molecule has 3 aromatic rings. The number of nitrogens with one attached hydrogen (secondary N) is 1. The van der Waals surface area contributed by atoms with Crippen molar-refractivity contribution < 1.29 is 13.9 Å². The third-order valence-electron chi connectivity index (χ3n) is 4.36. The highest BCUT2D eigenvalue weighted by atomic mass is 16.5. The van der Waals surface area contributed by atoms with Crippen LogP contribution >= 0.6 is 0 Å². The molecule has 1 aliphatic carbocycles. The Hall–Kier alpha value is -3.09. The average molecular weight is 352 g/mol. The lowest BCUT2D eigenvalue weighted by atomic mass is 10.2. The molecule has 7 nitrogen and oxygen atoms in total. The van der Waals surface area contributed by atoms with Gasteiger partial charge in [-0.2, -0.15) is 0 Å². The van der Waals surface area contributed by atoms with Gasteiger partial charge in [-0.15, -0.1) is 10.2 Å². The molecule has 1 N–H and O–H groups in total. The fraction of sp³-hybridized carbons (Fsp3) is 0.316. The van der Waals surface area contributed by atoms with Gasteiger partial charge < -0.3 is 19.0 Å². The maximum atomic E-state index is 12.5. The number of carbonyl (C=O) groups is 1. The van der Waals surface area contributed by atoms with Gasteiger partial charge in [-0.3, -0.25) is 4.79 Å². The minimum atomic E-state index is -0.159. The Bertz CT molecular complexity index is 940. The number of methoxy groups -OCH3 is 1. The summed E-state index contributed by atoms with van der Waals surface area (Å²) in [7, 11) is 1.58. The molecule has 4 rings (SSSR count). The van der Waals surface area contributed by atoms with E-state index in [0.29, 0.717) is 29.1 Å². The van der Waals surface area contributed by atoms with Gasteiger partial charge >= 0.3 is 0 Å². The Morgan fingerprint density at radius 3 is 2.96 bits per heavy atom. The highest BCUT2D eigenvalue weighted by Crippen LogP contribution is 2.39. The minimum absolute atomic E-state index is 0.139. The summed E-state index contributed by atoms with van der Waals surface area (Å²) in [6, 6.07) is 9.38. The van der Waals surface area contributed by atoms with E-state index in [1.54, 1.807) is 11.7 Å². The molecule has 7 heteroatoms. The first-order valence-corrected chi connectivity index (χ1v) is 8.57. The van der Waals surface area contributed by atoms with E-state index < -0.39 is 0 Å². The lowest BCUT2D eigenvalue weighted by Crippen LogP contribution is -2.19. The number of benzene rings is 1. The second-order valence-electron chi connectivity index (χ2n) is 6.49. The summed E-state index contributed by atoms with van der Waals surface area (Å²) in [5.41, 5.74) is 2.43. The molecule has 1 aliphatic rings. The van der Waals surface area contributed by atoms with Crippen LogP contribution in [0.4, 0.5) is 5.69 Å². The third kappa shape index (κ3) is 3.33. The molecule has 0 radical (unpaired) electrons. The zero-order valence-corrected chi connectivity index (χ0v) is 14.7. The van der Waals surface area contributed by atoms with Crippen molar-refractivity contribution in [1.82, 2.24) is 14.8 Å². The van der Waals surface area contributed by atoms with Crippen LogP contribution in [-0.2, 0) is 11.3 Å².